The molecule has 0 saturated carbocycles. The fourth-order valence-electron chi connectivity index (χ4n) is 3.17. The van der Waals surface area contributed by atoms with Crippen LogP contribution in [0.2, 0.25) is 0 Å². The van der Waals surface area contributed by atoms with Gasteiger partial charge in [0.25, 0.3) is 11.5 Å². The molecular formula is C20H15N7O4S2. The molecule has 11 nitrogen and oxygen atoms in total. The Bertz CT molecular complexity index is 1470. The molecule has 13 heteroatoms. The van der Waals surface area contributed by atoms with Crippen molar-refractivity contribution in [3.05, 3.63) is 56.5 Å². The minimum Gasteiger partial charge on any atom is -0.493 e. The van der Waals surface area contributed by atoms with Gasteiger partial charge in [-0.15, -0.1) is 0 Å². The summed E-state index contributed by atoms with van der Waals surface area (Å²) in [5.41, 5.74) is 2.46. The number of aliphatic imine (C=N–C) groups is 1. The van der Waals surface area contributed by atoms with E-state index in [0.29, 0.717) is 32.9 Å². The van der Waals surface area contributed by atoms with Crippen LogP contribution in [0.15, 0.2) is 44.7 Å². The van der Waals surface area contributed by atoms with E-state index in [1.54, 1.807) is 24.3 Å². The number of carbonyl (C=O) groups excluding carboxylic acids is 1. The van der Waals surface area contributed by atoms with Gasteiger partial charge in [0, 0.05) is 6.07 Å². The third-order valence-corrected chi connectivity index (χ3v) is 6.17. The van der Waals surface area contributed by atoms with Crippen molar-refractivity contribution >= 4 is 56.6 Å². The van der Waals surface area contributed by atoms with Gasteiger partial charge in [-0.25, -0.2) is 4.98 Å². The van der Waals surface area contributed by atoms with Crippen molar-refractivity contribution in [1.82, 2.24) is 19.6 Å². The van der Waals surface area contributed by atoms with E-state index in [4.69, 9.17) is 14.9 Å². The first-order valence-corrected chi connectivity index (χ1v) is 11.2. The quantitative estimate of drug-likeness (QED) is 0.549. The molecule has 33 heavy (non-hydrogen) atoms. The van der Waals surface area contributed by atoms with Crippen LogP contribution in [0.4, 0.5) is 0 Å². The summed E-state index contributed by atoms with van der Waals surface area (Å²) in [6.45, 7) is 1.87. The molecule has 0 saturated heterocycles. The summed E-state index contributed by atoms with van der Waals surface area (Å²) >= 11 is 2.51. The molecule has 0 unspecified atom stereocenters. The molecule has 1 N–H and O–H groups in total. The monoisotopic (exact) mass is 481 g/mol. The highest BCUT2D eigenvalue weighted by atomic mass is 32.2. The van der Waals surface area contributed by atoms with Crippen LogP contribution >= 0.6 is 23.1 Å². The fourth-order valence-corrected chi connectivity index (χ4v) is 4.55. The Balaban J connectivity index is 1.38. The van der Waals surface area contributed by atoms with E-state index in [-0.39, 0.29) is 23.6 Å². The average molecular weight is 482 g/mol. The first-order valence-electron chi connectivity index (χ1n) is 9.53. The first-order chi connectivity index (χ1) is 15.9. The number of hydrogen-bond acceptors (Lipinski definition) is 10. The number of benzene rings is 1. The summed E-state index contributed by atoms with van der Waals surface area (Å²) in [4.78, 5) is 33.5. The van der Waals surface area contributed by atoms with E-state index in [9.17, 15) is 9.59 Å². The molecule has 166 valence electrons. The average Bonchev–Trinajstić information content (AvgIpc) is 3.41. The zero-order valence-electron chi connectivity index (χ0n) is 17.3. The summed E-state index contributed by atoms with van der Waals surface area (Å²) in [7, 11) is 1.50. The van der Waals surface area contributed by atoms with Crippen LogP contribution in [0.25, 0.3) is 11.0 Å². The number of aryl methyl sites for hydroxylation is 1. The molecule has 1 aromatic carbocycles. The number of nitrogens with zero attached hydrogens (tertiary/aromatic N) is 6. The highest BCUT2D eigenvalue weighted by Gasteiger charge is 2.32. The maximum atomic E-state index is 12.4. The number of rotatable bonds is 5. The molecular weight excluding hydrogens is 466 g/mol. The van der Waals surface area contributed by atoms with Crippen LogP contribution in [0.5, 0.6) is 11.5 Å². The number of amides is 1. The van der Waals surface area contributed by atoms with Gasteiger partial charge in [-0.1, -0.05) is 17.4 Å². The second kappa shape index (κ2) is 8.26. The summed E-state index contributed by atoms with van der Waals surface area (Å²) in [6, 6.07) is 6.47. The predicted molar refractivity (Wildman–Crippen MR) is 125 cm³/mol. The van der Waals surface area contributed by atoms with Crippen LogP contribution in [0, 0.1) is 12.3 Å². The van der Waals surface area contributed by atoms with Crippen LogP contribution in [0.3, 0.4) is 0 Å². The number of ether oxygens (including phenoxy) is 2. The van der Waals surface area contributed by atoms with Crippen molar-refractivity contribution in [2.75, 3.05) is 7.11 Å². The van der Waals surface area contributed by atoms with Gasteiger partial charge in [-0.05, 0) is 42.5 Å². The lowest BCUT2D eigenvalue weighted by molar-refractivity contribution is -0.114. The van der Waals surface area contributed by atoms with Crippen LogP contribution in [-0.2, 0) is 11.4 Å². The lowest BCUT2D eigenvalue weighted by Gasteiger charge is -2.20. The van der Waals surface area contributed by atoms with E-state index < -0.39 is 5.91 Å². The molecule has 1 amide bonds. The van der Waals surface area contributed by atoms with Crippen LogP contribution in [-0.4, -0.2) is 49.2 Å². The zero-order chi connectivity index (χ0) is 23.1. The number of thioether (sulfide) groups is 1. The van der Waals surface area contributed by atoms with Gasteiger partial charge in [0.1, 0.15) is 11.6 Å². The third-order valence-electron chi connectivity index (χ3n) is 4.67. The molecule has 2 aliphatic heterocycles. The molecule has 5 rings (SSSR count). The smallest absolute Gasteiger partial charge is 0.283 e. The molecule has 4 heterocycles. The molecule has 0 bridgehead atoms. The molecule has 0 aliphatic carbocycles. The number of amidine groups is 2. The van der Waals surface area contributed by atoms with Crippen molar-refractivity contribution in [3.8, 4) is 11.5 Å². The van der Waals surface area contributed by atoms with Gasteiger partial charge in [-0.2, -0.15) is 24.7 Å². The van der Waals surface area contributed by atoms with Crippen molar-refractivity contribution in [2.45, 2.75) is 13.5 Å². The first kappa shape index (κ1) is 21.0. The minimum absolute atomic E-state index is 0.0448. The summed E-state index contributed by atoms with van der Waals surface area (Å²) < 4.78 is 12.5. The maximum absolute atomic E-state index is 12.4. The van der Waals surface area contributed by atoms with E-state index in [1.165, 1.54) is 51.3 Å². The van der Waals surface area contributed by atoms with Gasteiger partial charge >= 0.3 is 0 Å². The molecule has 0 atom stereocenters. The molecule has 0 spiro atoms. The van der Waals surface area contributed by atoms with Gasteiger partial charge in [0.2, 0.25) is 4.96 Å². The van der Waals surface area contributed by atoms with E-state index >= 15 is 0 Å². The standard InChI is InChI=1S/C20H15N7O4S2/c1-10-25-26-16(28)7-12(23-20(26)33-10)8-31-14-4-3-11(6-15(14)30-2)5-13-17(21)27-19(24-18(13)29)32-9-22-27/h3-7,9,21H,8H2,1-2H3/b13-5-,21-17?. The van der Waals surface area contributed by atoms with Gasteiger partial charge < -0.3 is 9.47 Å². The number of carbonyl (C=O) groups is 1. The van der Waals surface area contributed by atoms with Crippen molar-refractivity contribution in [2.24, 2.45) is 10.1 Å². The molecule has 3 aromatic rings. The second-order valence-electron chi connectivity index (χ2n) is 6.86. The van der Waals surface area contributed by atoms with Crippen LogP contribution in [0.1, 0.15) is 16.3 Å². The highest BCUT2D eigenvalue weighted by Crippen LogP contribution is 2.31. The Morgan fingerprint density at radius 1 is 1.21 bits per heavy atom. The number of aromatic nitrogens is 3. The Labute approximate surface area is 194 Å². The largest absolute Gasteiger partial charge is 0.493 e. The SMILES string of the molecule is COc1cc(/C=C2/C(=N)N3N=CSC3=NC2=O)ccc1OCc1cc(=O)n2nc(C)sc2n1. The van der Waals surface area contributed by atoms with E-state index in [1.807, 2.05) is 6.92 Å². The number of fused-ring (bicyclic) bond motifs is 2. The Morgan fingerprint density at radius 2 is 2.06 bits per heavy atom. The zero-order valence-corrected chi connectivity index (χ0v) is 18.9. The maximum Gasteiger partial charge on any atom is 0.283 e. The van der Waals surface area contributed by atoms with Crippen molar-refractivity contribution < 1.29 is 14.3 Å². The van der Waals surface area contributed by atoms with Crippen LogP contribution < -0.4 is 15.0 Å². The minimum atomic E-state index is -0.505. The molecule has 2 aromatic heterocycles. The highest BCUT2D eigenvalue weighted by molar-refractivity contribution is 8.25. The number of methoxy groups -OCH3 is 1. The summed E-state index contributed by atoms with van der Waals surface area (Å²) in [5, 5.41) is 18.8. The topological polar surface area (TPSA) is 135 Å². The molecule has 2 aliphatic rings. The Hall–Kier alpha value is -3.84. The number of hydrazone groups is 1. The lowest BCUT2D eigenvalue weighted by Crippen LogP contribution is -2.35. The Morgan fingerprint density at radius 3 is 2.88 bits per heavy atom. The molecule has 0 radical (unpaired) electrons. The predicted octanol–water partition coefficient (Wildman–Crippen LogP) is 2.30. The summed E-state index contributed by atoms with van der Waals surface area (Å²) in [5.74, 6) is 0.309. The molecule has 0 fully saturated rings. The normalized spacial score (nSPS) is 16.5. The van der Waals surface area contributed by atoms with E-state index in [0.717, 1.165) is 5.01 Å². The third kappa shape index (κ3) is 3.91. The van der Waals surface area contributed by atoms with Gasteiger partial charge in [0.15, 0.2) is 22.5 Å². The second-order valence-corrected chi connectivity index (χ2v) is 8.83. The number of hydrogen-bond donors (Lipinski definition) is 1. The lowest BCUT2D eigenvalue weighted by atomic mass is 10.1. The van der Waals surface area contributed by atoms with E-state index in [2.05, 4.69) is 20.2 Å². The van der Waals surface area contributed by atoms with Crippen molar-refractivity contribution in [3.63, 3.8) is 0 Å². The Kier molecular flexibility index (Phi) is 5.26. The fraction of sp³-hybridized carbons (Fsp3) is 0.150. The summed E-state index contributed by atoms with van der Waals surface area (Å²) in [6.07, 6.45) is 1.55. The number of nitrogens with one attached hydrogen (secondary N) is 1. The van der Waals surface area contributed by atoms with Crippen molar-refractivity contribution in [1.29, 1.82) is 5.41 Å². The van der Waals surface area contributed by atoms with Gasteiger partial charge in [0.05, 0.1) is 23.9 Å². The van der Waals surface area contributed by atoms with Gasteiger partial charge in [-0.3, -0.25) is 15.0 Å².